The number of aromatic hydroxyl groups is 1. The van der Waals surface area contributed by atoms with Crippen molar-refractivity contribution < 1.29 is 23.8 Å². The number of aliphatic hydroxyl groups excluding tert-OH is 1. The van der Waals surface area contributed by atoms with Crippen molar-refractivity contribution in [3.63, 3.8) is 0 Å². The quantitative estimate of drug-likeness (QED) is 0.801. The Kier molecular flexibility index (Phi) is 4.14. The third kappa shape index (κ3) is 2.85. The van der Waals surface area contributed by atoms with Gasteiger partial charge in [0.2, 0.25) is 0 Å². The Bertz CT molecular complexity index is 631. The molecule has 0 fully saturated rings. The summed E-state index contributed by atoms with van der Waals surface area (Å²) in [6.45, 7) is -0.581. The molecule has 0 radical (unpaired) electrons. The van der Waals surface area contributed by atoms with E-state index in [1.165, 1.54) is 6.07 Å². The molecule has 0 aliphatic carbocycles. The molecule has 0 bridgehead atoms. The molecule has 2 aromatic carbocycles. The predicted octanol–water partition coefficient (Wildman–Crippen LogP) is 1.90. The van der Waals surface area contributed by atoms with E-state index in [1.807, 2.05) is 0 Å². The number of alkyl halides is 2. The minimum atomic E-state index is -2.93. The number of hydrogen-bond acceptors (Lipinski definition) is 3. The summed E-state index contributed by atoms with van der Waals surface area (Å²) in [7, 11) is 0. The Hall–Kier alpha value is -2.21. The highest BCUT2D eigenvalue weighted by Gasteiger charge is 2.19. The van der Waals surface area contributed by atoms with E-state index >= 15 is 0 Å². The normalized spacial score (nSPS) is 12.6. The van der Waals surface area contributed by atoms with Crippen LogP contribution in [0.2, 0.25) is 0 Å². The number of hydrogen-bond donors (Lipinski definition) is 3. The summed E-state index contributed by atoms with van der Waals surface area (Å²) in [6.07, 6.45) is -4.86. The van der Waals surface area contributed by atoms with Gasteiger partial charge in [0.05, 0.1) is 5.56 Å². The van der Waals surface area contributed by atoms with Crippen molar-refractivity contribution in [3.8, 4) is 5.75 Å². The lowest BCUT2D eigenvalue weighted by molar-refractivity contribution is -0.00271. The van der Waals surface area contributed by atoms with Crippen LogP contribution in [0, 0.1) is 0 Å². The minimum absolute atomic E-state index is 0.0230. The smallest absolute Gasteiger partial charge is 0.265 e. The average molecular weight is 281 g/mol. The summed E-state index contributed by atoms with van der Waals surface area (Å²) >= 11 is 0. The largest absolute Gasteiger partial charge is 0.506 e. The van der Waals surface area contributed by atoms with E-state index in [-0.39, 0.29) is 11.3 Å². The highest BCUT2D eigenvalue weighted by atomic mass is 19.3. The second-order valence-electron chi connectivity index (χ2n) is 4.29. The van der Waals surface area contributed by atoms with E-state index in [0.29, 0.717) is 5.39 Å². The first-order valence-corrected chi connectivity index (χ1v) is 5.96. The monoisotopic (exact) mass is 281 g/mol. The van der Waals surface area contributed by atoms with Crippen molar-refractivity contribution in [1.29, 1.82) is 0 Å². The lowest BCUT2D eigenvalue weighted by Gasteiger charge is -2.12. The van der Waals surface area contributed by atoms with Crippen LogP contribution in [0.5, 0.6) is 5.75 Å². The maximum Gasteiger partial charge on any atom is 0.265 e. The van der Waals surface area contributed by atoms with Crippen molar-refractivity contribution in [1.82, 2.24) is 5.32 Å². The van der Waals surface area contributed by atoms with Gasteiger partial charge in [0.15, 0.2) is 0 Å². The fourth-order valence-corrected chi connectivity index (χ4v) is 1.82. The van der Waals surface area contributed by atoms with Crippen LogP contribution < -0.4 is 5.32 Å². The Labute approximate surface area is 113 Å². The van der Waals surface area contributed by atoms with Crippen molar-refractivity contribution in [2.24, 2.45) is 0 Å². The molecule has 0 aliphatic rings. The van der Waals surface area contributed by atoms with Gasteiger partial charge in [0, 0.05) is 11.9 Å². The number of phenolic OH excluding ortho intramolecular Hbond substituents is 1. The Balaban J connectivity index is 2.20. The van der Waals surface area contributed by atoms with Crippen LogP contribution in [-0.4, -0.2) is 35.2 Å². The zero-order chi connectivity index (χ0) is 14.7. The van der Waals surface area contributed by atoms with Crippen molar-refractivity contribution in [2.45, 2.75) is 12.5 Å². The summed E-state index contributed by atoms with van der Waals surface area (Å²) in [4.78, 5) is 11.8. The van der Waals surface area contributed by atoms with Crippen molar-refractivity contribution in [2.75, 3.05) is 6.54 Å². The number of nitrogens with one attached hydrogen (secondary N) is 1. The number of fused-ring (bicyclic) bond motifs is 1. The van der Waals surface area contributed by atoms with Crippen LogP contribution >= 0.6 is 0 Å². The van der Waals surface area contributed by atoms with Crippen molar-refractivity contribution >= 4 is 16.7 Å². The third-order valence-electron chi connectivity index (χ3n) is 2.91. The SMILES string of the molecule is O=C(NCC(O)C(F)F)c1ccc2ccccc2c1O. The molecule has 0 spiro atoms. The topological polar surface area (TPSA) is 69.6 Å². The van der Waals surface area contributed by atoms with Crippen LogP contribution in [0.15, 0.2) is 36.4 Å². The van der Waals surface area contributed by atoms with Gasteiger partial charge in [0.25, 0.3) is 12.3 Å². The standard InChI is InChI=1S/C14H13F2NO3/c15-13(16)11(18)7-17-14(20)10-6-5-8-3-1-2-4-9(8)12(10)19/h1-6,11,13,18-19H,7H2,(H,17,20). The summed E-state index contributed by atoms with van der Waals surface area (Å²) in [5.41, 5.74) is -0.0230. The first-order valence-electron chi connectivity index (χ1n) is 5.96. The number of rotatable bonds is 4. The van der Waals surface area contributed by atoms with E-state index in [2.05, 4.69) is 5.32 Å². The molecule has 0 heterocycles. The molecule has 2 aromatic rings. The Morgan fingerprint density at radius 1 is 1.20 bits per heavy atom. The second-order valence-corrected chi connectivity index (χ2v) is 4.29. The van der Waals surface area contributed by atoms with Gasteiger partial charge in [0.1, 0.15) is 11.9 Å². The van der Waals surface area contributed by atoms with Gasteiger partial charge in [-0.05, 0) is 11.5 Å². The molecule has 20 heavy (non-hydrogen) atoms. The van der Waals surface area contributed by atoms with Crippen LogP contribution in [0.3, 0.4) is 0 Å². The molecular formula is C14H13F2NO3. The first kappa shape index (κ1) is 14.2. The number of aliphatic hydroxyl groups is 1. The average Bonchev–Trinajstić information content (AvgIpc) is 2.45. The number of phenols is 1. The number of amides is 1. The fourth-order valence-electron chi connectivity index (χ4n) is 1.82. The molecule has 0 aromatic heterocycles. The van der Waals surface area contributed by atoms with Crippen LogP contribution in [0.4, 0.5) is 8.78 Å². The van der Waals surface area contributed by atoms with Crippen LogP contribution in [0.25, 0.3) is 10.8 Å². The number of carbonyl (C=O) groups excluding carboxylic acids is 1. The molecular weight excluding hydrogens is 268 g/mol. The van der Waals surface area contributed by atoms with Crippen molar-refractivity contribution in [3.05, 3.63) is 42.0 Å². The van der Waals surface area contributed by atoms with Gasteiger partial charge in [-0.1, -0.05) is 30.3 Å². The maximum atomic E-state index is 12.1. The van der Waals surface area contributed by atoms with Gasteiger partial charge < -0.3 is 15.5 Å². The molecule has 4 nitrogen and oxygen atoms in total. The summed E-state index contributed by atoms with van der Waals surface area (Å²) in [5.74, 6) is -0.930. The molecule has 106 valence electrons. The van der Waals surface area contributed by atoms with Gasteiger partial charge in [-0.25, -0.2) is 8.78 Å². The van der Waals surface area contributed by atoms with Crippen LogP contribution in [0.1, 0.15) is 10.4 Å². The van der Waals surface area contributed by atoms with E-state index in [0.717, 1.165) is 5.39 Å². The second kappa shape index (κ2) is 5.83. The number of carbonyl (C=O) groups is 1. The summed E-state index contributed by atoms with van der Waals surface area (Å²) < 4.78 is 24.2. The van der Waals surface area contributed by atoms with E-state index in [4.69, 9.17) is 5.11 Å². The molecule has 0 saturated carbocycles. The van der Waals surface area contributed by atoms with Crippen LogP contribution in [-0.2, 0) is 0 Å². The van der Waals surface area contributed by atoms with E-state index < -0.39 is 25.0 Å². The van der Waals surface area contributed by atoms with Gasteiger partial charge in [-0.3, -0.25) is 4.79 Å². The number of benzene rings is 2. The molecule has 0 aliphatic heterocycles. The van der Waals surface area contributed by atoms with E-state index in [9.17, 15) is 18.7 Å². The third-order valence-corrected chi connectivity index (χ3v) is 2.91. The van der Waals surface area contributed by atoms with Gasteiger partial charge in [-0.2, -0.15) is 0 Å². The lowest BCUT2D eigenvalue weighted by Crippen LogP contribution is -2.35. The number of halogens is 2. The zero-order valence-corrected chi connectivity index (χ0v) is 10.4. The molecule has 2 rings (SSSR count). The highest BCUT2D eigenvalue weighted by molar-refractivity contribution is 6.03. The van der Waals surface area contributed by atoms with Gasteiger partial charge in [-0.15, -0.1) is 0 Å². The van der Waals surface area contributed by atoms with E-state index in [1.54, 1.807) is 30.3 Å². The molecule has 1 unspecified atom stereocenters. The summed E-state index contributed by atoms with van der Waals surface area (Å²) in [5, 5.41) is 22.4. The lowest BCUT2D eigenvalue weighted by atomic mass is 10.0. The molecule has 1 atom stereocenters. The maximum absolute atomic E-state index is 12.1. The fraction of sp³-hybridized carbons (Fsp3) is 0.214. The highest BCUT2D eigenvalue weighted by Crippen LogP contribution is 2.28. The Morgan fingerprint density at radius 2 is 1.90 bits per heavy atom. The predicted molar refractivity (Wildman–Crippen MR) is 70.0 cm³/mol. The Morgan fingerprint density at radius 3 is 2.60 bits per heavy atom. The molecule has 1 amide bonds. The molecule has 0 saturated heterocycles. The minimum Gasteiger partial charge on any atom is -0.506 e. The molecule has 3 N–H and O–H groups in total. The summed E-state index contributed by atoms with van der Waals surface area (Å²) in [6, 6.07) is 9.98. The zero-order valence-electron chi connectivity index (χ0n) is 10.4. The molecule has 6 heteroatoms. The first-order chi connectivity index (χ1) is 9.50. The van der Waals surface area contributed by atoms with Gasteiger partial charge >= 0.3 is 0 Å².